The van der Waals surface area contributed by atoms with Crippen molar-refractivity contribution in [3.8, 4) is 0 Å². The van der Waals surface area contributed by atoms with Gasteiger partial charge in [0.2, 0.25) is 10.0 Å². The van der Waals surface area contributed by atoms with Crippen LogP contribution in [0.15, 0.2) is 21.5 Å². The van der Waals surface area contributed by atoms with Crippen molar-refractivity contribution in [3.63, 3.8) is 0 Å². The third-order valence-electron chi connectivity index (χ3n) is 2.27. The molecular formula is C10H10BrF2NO4S. The number of hydrogen-bond acceptors (Lipinski definition) is 3. The monoisotopic (exact) mass is 357 g/mol. The molecule has 1 rings (SSSR count). The van der Waals surface area contributed by atoms with E-state index >= 15 is 0 Å². The number of nitrogens with zero attached hydrogens (tertiary/aromatic N) is 1. The first kappa shape index (κ1) is 16.0. The molecule has 9 heteroatoms. The molecule has 0 amide bonds. The van der Waals surface area contributed by atoms with Gasteiger partial charge in [-0.3, -0.25) is 4.79 Å². The molecule has 1 aromatic carbocycles. The predicted molar refractivity (Wildman–Crippen MR) is 66.1 cm³/mol. The van der Waals surface area contributed by atoms with Crippen molar-refractivity contribution in [3.05, 3.63) is 28.2 Å². The maximum atomic E-state index is 13.6. The first-order valence-corrected chi connectivity index (χ1v) is 7.22. The zero-order valence-corrected chi connectivity index (χ0v) is 12.1. The van der Waals surface area contributed by atoms with Crippen molar-refractivity contribution in [1.29, 1.82) is 0 Å². The molecule has 0 aliphatic rings. The van der Waals surface area contributed by atoms with E-state index in [4.69, 9.17) is 5.11 Å². The number of aliphatic carboxylic acids is 1. The highest BCUT2D eigenvalue weighted by Gasteiger charge is 2.28. The lowest BCUT2D eigenvalue weighted by molar-refractivity contribution is -0.137. The summed E-state index contributed by atoms with van der Waals surface area (Å²) in [7, 11) is -3.11. The first-order chi connectivity index (χ1) is 8.66. The van der Waals surface area contributed by atoms with Crippen molar-refractivity contribution in [2.45, 2.75) is 11.3 Å². The van der Waals surface area contributed by atoms with Crippen molar-refractivity contribution >= 4 is 31.9 Å². The average Bonchev–Trinajstić information content (AvgIpc) is 2.23. The van der Waals surface area contributed by atoms with Gasteiger partial charge in [0.25, 0.3) is 0 Å². The van der Waals surface area contributed by atoms with E-state index in [9.17, 15) is 22.0 Å². The van der Waals surface area contributed by atoms with Crippen LogP contribution in [0.2, 0.25) is 0 Å². The summed E-state index contributed by atoms with van der Waals surface area (Å²) in [6.07, 6.45) is -0.420. The van der Waals surface area contributed by atoms with Crippen molar-refractivity contribution in [2.75, 3.05) is 13.6 Å². The Balaban J connectivity index is 3.17. The van der Waals surface area contributed by atoms with Gasteiger partial charge in [-0.15, -0.1) is 0 Å². The van der Waals surface area contributed by atoms with E-state index < -0.39 is 38.9 Å². The van der Waals surface area contributed by atoms with E-state index in [-0.39, 0.29) is 11.0 Å². The summed E-state index contributed by atoms with van der Waals surface area (Å²) < 4.78 is 51.0. The lowest BCUT2D eigenvalue weighted by Crippen LogP contribution is -2.30. The Hall–Kier alpha value is -1.06. The minimum Gasteiger partial charge on any atom is -0.481 e. The summed E-state index contributed by atoms with van der Waals surface area (Å²) in [5.41, 5.74) is 0. The van der Waals surface area contributed by atoms with E-state index in [0.29, 0.717) is 10.4 Å². The second-order valence-corrected chi connectivity index (χ2v) is 6.50. The number of carboxylic acids is 1. The van der Waals surface area contributed by atoms with Crippen LogP contribution in [-0.4, -0.2) is 37.4 Å². The van der Waals surface area contributed by atoms with Crippen LogP contribution in [0.3, 0.4) is 0 Å². The fraction of sp³-hybridized carbons (Fsp3) is 0.300. The van der Waals surface area contributed by atoms with E-state index in [1.54, 1.807) is 0 Å². The number of hydrogen-bond donors (Lipinski definition) is 1. The average molecular weight is 358 g/mol. The second-order valence-electron chi connectivity index (χ2n) is 3.67. The van der Waals surface area contributed by atoms with Crippen LogP contribution in [0.5, 0.6) is 0 Å². The van der Waals surface area contributed by atoms with E-state index in [1.807, 2.05) is 0 Å². The maximum absolute atomic E-state index is 13.6. The highest BCUT2D eigenvalue weighted by Crippen LogP contribution is 2.28. The Morgan fingerprint density at radius 1 is 1.42 bits per heavy atom. The molecule has 0 heterocycles. The summed E-state index contributed by atoms with van der Waals surface area (Å²) >= 11 is 2.78. The Kier molecular flexibility index (Phi) is 4.99. The van der Waals surface area contributed by atoms with Crippen molar-refractivity contribution in [2.24, 2.45) is 0 Å². The normalized spacial score (nSPS) is 11.8. The third kappa shape index (κ3) is 3.71. The van der Waals surface area contributed by atoms with Gasteiger partial charge in [0.1, 0.15) is 16.5 Å². The molecule has 0 saturated carbocycles. The minimum atomic E-state index is -4.23. The topological polar surface area (TPSA) is 74.7 Å². The zero-order chi connectivity index (χ0) is 14.8. The van der Waals surface area contributed by atoms with Gasteiger partial charge in [-0.2, -0.15) is 0 Å². The lowest BCUT2D eigenvalue weighted by atomic mass is 10.3. The SMILES string of the molecule is CN(CCC(=O)O)S(=O)(=O)c1c(F)cc(F)cc1Br. The molecule has 1 aromatic rings. The number of halogens is 3. The van der Waals surface area contributed by atoms with Gasteiger partial charge in [0, 0.05) is 24.1 Å². The van der Waals surface area contributed by atoms with Gasteiger partial charge < -0.3 is 5.11 Å². The lowest BCUT2D eigenvalue weighted by Gasteiger charge is -2.17. The van der Waals surface area contributed by atoms with Crippen LogP contribution in [-0.2, 0) is 14.8 Å². The molecular weight excluding hydrogens is 348 g/mol. The molecule has 19 heavy (non-hydrogen) atoms. The number of carbonyl (C=O) groups is 1. The Bertz CT molecular complexity index is 583. The van der Waals surface area contributed by atoms with Gasteiger partial charge in [-0.05, 0) is 22.0 Å². The van der Waals surface area contributed by atoms with E-state index in [0.717, 1.165) is 13.1 Å². The third-order valence-corrected chi connectivity index (χ3v) is 5.09. The predicted octanol–water partition coefficient (Wildman–Crippen LogP) is 1.82. The summed E-state index contributed by atoms with van der Waals surface area (Å²) in [6.45, 7) is -0.319. The maximum Gasteiger partial charge on any atom is 0.304 e. The molecule has 0 fully saturated rings. The van der Waals surface area contributed by atoms with Crippen LogP contribution < -0.4 is 0 Å². The summed E-state index contributed by atoms with van der Waals surface area (Å²) in [4.78, 5) is 9.67. The van der Waals surface area contributed by atoms with E-state index in [2.05, 4.69) is 15.9 Å². The molecule has 0 aliphatic heterocycles. The molecule has 0 aromatic heterocycles. The Morgan fingerprint density at radius 3 is 2.47 bits per heavy atom. The van der Waals surface area contributed by atoms with Gasteiger partial charge in [-0.1, -0.05) is 0 Å². The Labute approximate surface area is 117 Å². The smallest absolute Gasteiger partial charge is 0.304 e. The molecule has 0 unspecified atom stereocenters. The Morgan fingerprint density at radius 2 is 2.00 bits per heavy atom. The standard InChI is InChI=1S/C10H10BrF2NO4S/c1-14(3-2-9(15)16)19(17,18)10-7(11)4-6(12)5-8(10)13/h4-5H,2-3H2,1H3,(H,15,16). The summed E-state index contributed by atoms with van der Waals surface area (Å²) in [6, 6.07) is 1.27. The highest BCUT2D eigenvalue weighted by molar-refractivity contribution is 9.10. The van der Waals surface area contributed by atoms with E-state index in [1.165, 1.54) is 0 Å². The first-order valence-electron chi connectivity index (χ1n) is 4.99. The summed E-state index contributed by atoms with van der Waals surface area (Å²) in [5, 5.41) is 8.49. The van der Waals surface area contributed by atoms with Gasteiger partial charge in [0.05, 0.1) is 6.42 Å². The second kappa shape index (κ2) is 5.93. The molecule has 0 saturated heterocycles. The van der Waals surface area contributed by atoms with Crippen LogP contribution in [0.25, 0.3) is 0 Å². The van der Waals surface area contributed by atoms with Gasteiger partial charge >= 0.3 is 5.97 Å². The molecule has 0 bridgehead atoms. The van der Waals surface area contributed by atoms with Crippen LogP contribution >= 0.6 is 15.9 Å². The zero-order valence-electron chi connectivity index (χ0n) is 9.73. The van der Waals surface area contributed by atoms with Crippen molar-refractivity contribution < 1.29 is 27.1 Å². The van der Waals surface area contributed by atoms with Crippen LogP contribution in [0.4, 0.5) is 8.78 Å². The largest absolute Gasteiger partial charge is 0.481 e. The number of benzene rings is 1. The fourth-order valence-corrected chi connectivity index (χ4v) is 3.58. The molecule has 1 N–H and O–H groups in total. The number of rotatable bonds is 5. The number of sulfonamides is 1. The van der Waals surface area contributed by atoms with Gasteiger partial charge in [0.15, 0.2) is 0 Å². The van der Waals surface area contributed by atoms with Gasteiger partial charge in [-0.25, -0.2) is 21.5 Å². The fourth-order valence-electron chi connectivity index (χ4n) is 1.30. The molecule has 106 valence electrons. The molecule has 0 spiro atoms. The molecule has 5 nitrogen and oxygen atoms in total. The van der Waals surface area contributed by atoms with Crippen LogP contribution in [0.1, 0.15) is 6.42 Å². The van der Waals surface area contributed by atoms with Crippen LogP contribution in [0, 0.1) is 11.6 Å². The molecule has 0 atom stereocenters. The molecule has 0 aliphatic carbocycles. The quantitative estimate of drug-likeness (QED) is 0.872. The summed E-state index contributed by atoms with van der Waals surface area (Å²) in [5.74, 6) is -3.34. The minimum absolute atomic E-state index is 0.257. The highest BCUT2D eigenvalue weighted by atomic mass is 79.9. The molecule has 0 radical (unpaired) electrons. The number of carboxylic acid groups (broad SMARTS) is 1. The van der Waals surface area contributed by atoms with Crippen molar-refractivity contribution in [1.82, 2.24) is 4.31 Å².